The molecule has 0 aromatic carbocycles. The molecule has 0 aliphatic heterocycles. The van der Waals surface area contributed by atoms with E-state index in [1.807, 2.05) is 6.92 Å². The zero-order valence-corrected chi connectivity index (χ0v) is 11.7. The van der Waals surface area contributed by atoms with E-state index >= 15 is 0 Å². The SMILES string of the molecule is CCNCc1cn(CC(=O)Nc2nnc(C3CC3)o2)nn1. The number of nitrogens with one attached hydrogen (secondary N) is 2. The molecule has 0 atom stereocenters. The highest BCUT2D eigenvalue weighted by molar-refractivity contribution is 5.88. The van der Waals surface area contributed by atoms with Crippen LogP contribution in [0.4, 0.5) is 6.01 Å². The second kappa shape index (κ2) is 6.00. The Labute approximate surface area is 121 Å². The van der Waals surface area contributed by atoms with E-state index in [-0.39, 0.29) is 18.5 Å². The molecule has 2 aromatic heterocycles. The second-order valence-corrected chi connectivity index (χ2v) is 4.96. The number of amides is 1. The maximum absolute atomic E-state index is 11.9. The van der Waals surface area contributed by atoms with E-state index in [1.165, 1.54) is 4.68 Å². The first kappa shape index (κ1) is 13.7. The molecule has 112 valence electrons. The standard InChI is InChI=1S/C12H17N7O2/c1-2-13-5-9-6-19(18-15-9)7-10(20)14-12-17-16-11(21-12)8-3-4-8/h6,8,13H,2-5,7H2,1H3,(H,14,17,20). The van der Waals surface area contributed by atoms with Gasteiger partial charge in [0, 0.05) is 12.5 Å². The highest BCUT2D eigenvalue weighted by atomic mass is 16.4. The van der Waals surface area contributed by atoms with E-state index in [2.05, 4.69) is 31.1 Å². The largest absolute Gasteiger partial charge is 0.408 e. The van der Waals surface area contributed by atoms with Gasteiger partial charge < -0.3 is 9.73 Å². The first-order valence-electron chi connectivity index (χ1n) is 6.97. The number of aromatic nitrogens is 5. The van der Waals surface area contributed by atoms with E-state index in [1.54, 1.807) is 6.20 Å². The van der Waals surface area contributed by atoms with Gasteiger partial charge in [0.15, 0.2) is 0 Å². The first-order valence-corrected chi connectivity index (χ1v) is 6.97. The minimum atomic E-state index is -0.277. The number of anilines is 1. The third kappa shape index (κ3) is 3.63. The van der Waals surface area contributed by atoms with E-state index < -0.39 is 0 Å². The van der Waals surface area contributed by atoms with Gasteiger partial charge in [0.2, 0.25) is 11.8 Å². The molecule has 0 unspecified atom stereocenters. The fraction of sp³-hybridized carbons (Fsp3) is 0.583. The number of rotatable bonds is 7. The lowest BCUT2D eigenvalue weighted by molar-refractivity contribution is -0.117. The Balaban J connectivity index is 1.51. The van der Waals surface area contributed by atoms with Crippen LogP contribution in [0.15, 0.2) is 10.6 Å². The van der Waals surface area contributed by atoms with Crippen LogP contribution in [0.1, 0.15) is 37.3 Å². The van der Waals surface area contributed by atoms with E-state index in [9.17, 15) is 4.79 Å². The molecule has 1 saturated carbocycles. The predicted octanol–water partition coefficient (Wildman–Crippen LogP) is 0.287. The Kier molecular flexibility index (Phi) is 3.91. The summed E-state index contributed by atoms with van der Waals surface area (Å²) in [4.78, 5) is 11.9. The molecule has 3 rings (SSSR count). The van der Waals surface area contributed by atoms with E-state index in [0.717, 1.165) is 25.1 Å². The van der Waals surface area contributed by atoms with Crippen LogP contribution in [0.2, 0.25) is 0 Å². The van der Waals surface area contributed by atoms with Crippen molar-refractivity contribution in [1.82, 2.24) is 30.5 Å². The van der Waals surface area contributed by atoms with Gasteiger partial charge in [0.25, 0.3) is 0 Å². The van der Waals surface area contributed by atoms with Gasteiger partial charge in [-0.2, -0.15) is 0 Å². The summed E-state index contributed by atoms with van der Waals surface area (Å²) in [5.74, 6) is 0.687. The Morgan fingerprint density at radius 2 is 2.29 bits per heavy atom. The van der Waals surface area contributed by atoms with Crippen molar-refractivity contribution in [2.75, 3.05) is 11.9 Å². The Morgan fingerprint density at radius 3 is 3.05 bits per heavy atom. The summed E-state index contributed by atoms with van der Waals surface area (Å²) < 4.78 is 6.84. The van der Waals surface area contributed by atoms with Crippen molar-refractivity contribution in [3.8, 4) is 0 Å². The number of nitrogens with zero attached hydrogens (tertiary/aromatic N) is 5. The Bertz CT molecular complexity index is 617. The molecule has 2 heterocycles. The molecule has 1 fully saturated rings. The normalized spacial score (nSPS) is 14.3. The van der Waals surface area contributed by atoms with Crippen molar-refractivity contribution in [3.63, 3.8) is 0 Å². The first-order chi connectivity index (χ1) is 10.2. The summed E-state index contributed by atoms with van der Waals surface area (Å²) in [6.45, 7) is 3.55. The molecular formula is C12H17N7O2. The van der Waals surface area contributed by atoms with Crippen molar-refractivity contribution < 1.29 is 9.21 Å². The maximum Gasteiger partial charge on any atom is 0.322 e. The fourth-order valence-electron chi connectivity index (χ4n) is 1.84. The molecule has 0 spiro atoms. The lowest BCUT2D eigenvalue weighted by Crippen LogP contribution is -2.19. The Morgan fingerprint density at radius 1 is 1.43 bits per heavy atom. The number of carbonyl (C=O) groups is 1. The lowest BCUT2D eigenvalue weighted by Gasteiger charge is -1.99. The van der Waals surface area contributed by atoms with Crippen molar-refractivity contribution >= 4 is 11.9 Å². The molecular weight excluding hydrogens is 274 g/mol. The van der Waals surface area contributed by atoms with Crippen molar-refractivity contribution in [1.29, 1.82) is 0 Å². The number of hydrogen-bond acceptors (Lipinski definition) is 7. The van der Waals surface area contributed by atoms with Gasteiger partial charge in [0.1, 0.15) is 6.54 Å². The van der Waals surface area contributed by atoms with Gasteiger partial charge in [-0.3, -0.25) is 10.1 Å². The summed E-state index contributed by atoms with van der Waals surface area (Å²) in [7, 11) is 0. The Hall–Kier alpha value is -2.29. The minimum Gasteiger partial charge on any atom is -0.408 e. The van der Waals surface area contributed by atoms with Crippen LogP contribution >= 0.6 is 0 Å². The van der Waals surface area contributed by atoms with Crippen LogP contribution < -0.4 is 10.6 Å². The van der Waals surface area contributed by atoms with Gasteiger partial charge in [-0.05, 0) is 19.4 Å². The summed E-state index contributed by atoms with van der Waals surface area (Å²) >= 11 is 0. The van der Waals surface area contributed by atoms with Crippen LogP contribution in [0, 0.1) is 0 Å². The van der Waals surface area contributed by atoms with Gasteiger partial charge in [-0.25, -0.2) is 4.68 Å². The highest BCUT2D eigenvalue weighted by Gasteiger charge is 2.29. The summed E-state index contributed by atoms with van der Waals surface area (Å²) in [5.41, 5.74) is 0.790. The zero-order valence-electron chi connectivity index (χ0n) is 11.7. The quantitative estimate of drug-likeness (QED) is 0.754. The fourth-order valence-corrected chi connectivity index (χ4v) is 1.84. The maximum atomic E-state index is 11.9. The monoisotopic (exact) mass is 291 g/mol. The summed E-state index contributed by atoms with van der Waals surface area (Å²) in [5, 5.41) is 21.3. The van der Waals surface area contributed by atoms with Crippen LogP contribution in [-0.4, -0.2) is 37.6 Å². The van der Waals surface area contributed by atoms with Gasteiger partial charge in [-0.15, -0.1) is 10.2 Å². The summed E-state index contributed by atoms with van der Waals surface area (Å²) in [6.07, 6.45) is 3.87. The third-order valence-corrected chi connectivity index (χ3v) is 3.06. The molecule has 1 amide bonds. The molecule has 0 radical (unpaired) electrons. The van der Waals surface area contributed by atoms with Gasteiger partial charge in [-0.1, -0.05) is 17.2 Å². The number of hydrogen-bond donors (Lipinski definition) is 2. The predicted molar refractivity (Wildman–Crippen MR) is 72.3 cm³/mol. The molecule has 9 heteroatoms. The van der Waals surface area contributed by atoms with Crippen LogP contribution in [0.3, 0.4) is 0 Å². The van der Waals surface area contributed by atoms with Crippen LogP contribution in [0.5, 0.6) is 0 Å². The van der Waals surface area contributed by atoms with Crippen LogP contribution in [-0.2, 0) is 17.9 Å². The smallest absolute Gasteiger partial charge is 0.322 e. The molecule has 0 bridgehead atoms. The molecule has 2 aromatic rings. The van der Waals surface area contributed by atoms with Crippen LogP contribution in [0.25, 0.3) is 0 Å². The molecule has 1 aliphatic carbocycles. The number of carbonyl (C=O) groups excluding carboxylic acids is 1. The molecule has 9 nitrogen and oxygen atoms in total. The topological polar surface area (TPSA) is 111 Å². The minimum absolute atomic E-state index is 0.0558. The molecule has 0 saturated heterocycles. The second-order valence-electron chi connectivity index (χ2n) is 4.96. The van der Waals surface area contributed by atoms with Gasteiger partial charge in [0.05, 0.1) is 11.9 Å². The molecule has 21 heavy (non-hydrogen) atoms. The average molecular weight is 291 g/mol. The summed E-state index contributed by atoms with van der Waals surface area (Å²) in [6, 6.07) is 0.134. The highest BCUT2D eigenvalue weighted by Crippen LogP contribution is 2.39. The molecule has 1 aliphatic rings. The third-order valence-electron chi connectivity index (χ3n) is 3.06. The zero-order chi connectivity index (χ0) is 14.7. The van der Waals surface area contributed by atoms with E-state index in [4.69, 9.17) is 4.42 Å². The van der Waals surface area contributed by atoms with E-state index in [0.29, 0.717) is 18.4 Å². The van der Waals surface area contributed by atoms with Crippen molar-refractivity contribution in [2.45, 2.75) is 38.8 Å². The molecule has 2 N–H and O–H groups in total. The lowest BCUT2D eigenvalue weighted by atomic mass is 10.4. The average Bonchev–Trinajstić information content (AvgIpc) is 3.06. The van der Waals surface area contributed by atoms with Gasteiger partial charge >= 0.3 is 6.01 Å². The van der Waals surface area contributed by atoms with Crippen molar-refractivity contribution in [2.24, 2.45) is 0 Å². The van der Waals surface area contributed by atoms with Crippen molar-refractivity contribution in [3.05, 3.63) is 17.8 Å².